The predicted octanol–water partition coefficient (Wildman–Crippen LogP) is 1.76. The Labute approximate surface area is 182 Å². The average Bonchev–Trinajstić information content (AvgIpc) is 3.15. The summed E-state index contributed by atoms with van der Waals surface area (Å²) in [4.78, 5) is 28.9. The summed E-state index contributed by atoms with van der Waals surface area (Å²) in [6.07, 6.45) is 3.25. The monoisotopic (exact) mass is 438 g/mol. The van der Waals surface area contributed by atoms with Crippen LogP contribution in [0.1, 0.15) is 36.0 Å². The van der Waals surface area contributed by atoms with E-state index in [1.165, 1.54) is 13.2 Å². The molecule has 0 spiro atoms. The Bertz CT molecular complexity index is 776. The van der Waals surface area contributed by atoms with Crippen LogP contribution in [0.15, 0.2) is 12.1 Å². The summed E-state index contributed by atoms with van der Waals surface area (Å²) >= 11 is 6.09. The van der Waals surface area contributed by atoms with E-state index in [1.54, 1.807) is 13.2 Å². The minimum absolute atomic E-state index is 0.111. The standard InChI is InChI=1S/C21H31ClN4O4/c1-29-18-12-16(23)15(22)11-14(18)21(28)24-17-6-10-25(13-19(17)30-2)7-4-9-26-8-3-5-20(26)27/h11-12,17,19H,3-10,13,23H2,1-2H3,(H,24,28)/t17-,19+/m0/s1. The number of nitrogens with zero attached hydrogens (tertiary/aromatic N) is 2. The summed E-state index contributed by atoms with van der Waals surface area (Å²) in [6, 6.07) is 2.97. The molecule has 30 heavy (non-hydrogen) atoms. The van der Waals surface area contributed by atoms with E-state index < -0.39 is 0 Å². The maximum atomic E-state index is 12.9. The normalized spacial score (nSPS) is 22.4. The zero-order chi connectivity index (χ0) is 21.7. The fourth-order valence-corrected chi connectivity index (χ4v) is 4.34. The molecule has 0 radical (unpaired) electrons. The van der Waals surface area contributed by atoms with Gasteiger partial charge in [0, 0.05) is 45.8 Å². The lowest BCUT2D eigenvalue weighted by Crippen LogP contribution is -2.55. The molecule has 0 bridgehead atoms. The first kappa shape index (κ1) is 22.7. The first-order valence-corrected chi connectivity index (χ1v) is 10.8. The summed E-state index contributed by atoms with van der Waals surface area (Å²) in [5.41, 5.74) is 6.52. The van der Waals surface area contributed by atoms with Crippen molar-refractivity contribution in [3.8, 4) is 5.75 Å². The van der Waals surface area contributed by atoms with Crippen molar-refractivity contribution in [2.24, 2.45) is 0 Å². The van der Waals surface area contributed by atoms with Crippen molar-refractivity contribution in [1.29, 1.82) is 0 Å². The summed E-state index contributed by atoms with van der Waals surface area (Å²) in [7, 11) is 3.16. The van der Waals surface area contributed by atoms with Crippen LogP contribution >= 0.6 is 11.6 Å². The molecule has 0 aromatic heterocycles. The number of amides is 2. The van der Waals surface area contributed by atoms with Crippen LogP contribution in [0.3, 0.4) is 0 Å². The number of benzene rings is 1. The molecular formula is C21H31ClN4O4. The Morgan fingerprint density at radius 2 is 2.10 bits per heavy atom. The molecule has 2 amide bonds. The summed E-state index contributed by atoms with van der Waals surface area (Å²) in [5.74, 6) is 0.392. The highest BCUT2D eigenvalue weighted by Gasteiger charge is 2.31. The van der Waals surface area contributed by atoms with Crippen LogP contribution in [-0.4, -0.2) is 80.7 Å². The quantitative estimate of drug-likeness (QED) is 0.600. The van der Waals surface area contributed by atoms with Crippen molar-refractivity contribution >= 4 is 29.1 Å². The van der Waals surface area contributed by atoms with Crippen LogP contribution in [0.2, 0.25) is 5.02 Å². The highest BCUT2D eigenvalue weighted by atomic mass is 35.5. The SMILES string of the molecule is COc1cc(N)c(Cl)cc1C(=O)N[C@H]1CCN(CCCN2CCCC2=O)C[C@H]1OC. The van der Waals surface area contributed by atoms with Crippen LogP contribution in [0.4, 0.5) is 5.69 Å². The smallest absolute Gasteiger partial charge is 0.255 e. The molecular weight excluding hydrogens is 408 g/mol. The molecule has 1 aromatic carbocycles. The van der Waals surface area contributed by atoms with Crippen molar-refractivity contribution in [2.75, 3.05) is 52.7 Å². The third-order valence-corrected chi connectivity index (χ3v) is 6.23. The van der Waals surface area contributed by atoms with E-state index in [9.17, 15) is 9.59 Å². The molecule has 0 aliphatic carbocycles. The number of hydrogen-bond acceptors (Lipinski definition) is 6. The summed E-state index contributed by atoms with van der Waals surface area (Å²) in [6.45, 7) is 4.19. The van der Waals surface area contributed by atoms with Crippen LogP contribution in [0.5, 0.6) is 5.75 Å². The molecule has 8 nitrogen and oxygen atoms in total. The fourth-order valence-electron chi connectivity index (χ4n) is 4.17. The fraction of sp³-hybridized carbons (Fsp3) is 0.619. The summed E-state index contributed by atoms with van der Waals surface area (Å²) < 4.78 is 11.0. The van der Waals surface area contributed by atoms with Gasteiger partial charge in [-0.2, -0.15) is 0 Å². The number of hydrogen-bond donors (Lipinski definition) is 2. The lowest BCUT2D eigenvalue weighted by Gasteiger charge is -2.38. The summed E-state index contributed by atoms with van der Waals surface area (Å²) in [5, 5.41) is 3.38. The maximum absolute atomic E-state index is 12.9. The van der Waals surface area contributed by atoms with Gasteiger partial charge in [0.2, 0.25) is 5.91 Å². The third kappa shape index (κ3) is 5.36. The lowest BCUT2D eigenvalue weighted by molar-refractivity contribution is -0.127. The van der Waals surface area contributed by atoms with Gasteiger partial charge in [-0.25, -0.2) is 0 Å². The number of carbonyl (C=O) groups is 2. The molecule has 9 heteroatoms. The second-order valence-electron chi connectivity index (χ2n) is 7.86. The zero-order valence-electron chi connectivity index (χ0n) is 17.7. The first-order chi connectivity index (χ1) is 14.4. The number of nitrogens with one attached hydrogen (secondary N) is 1. The van der Waals surface area contributed by atoms with Gasteiger partial charge in [-0.1, -0.05) is 11.6 Å². The largest absolute Gasteiger partial charge is 0.496 e. The van der Waals surface area contributed by atoms with Gasteiger partial charge in [-0.05, 0) is 31.9 Å². The number of piperidine rings is 1. The van der Waals surface area contributed by atoms with Crippen molar-refractivity contribution in [3.05, 3.63) is 22.7 Å². The molecule has 0 saturated carbocycles. The van der Waals surface area contributed by atoms with Crippen LogP contribution in [-0.2, 0) is 9.53 Å². The zero-order valence-corrected chi connectivity index (χ0v) is 18.4. The number of nitrogens with two attached hydrogens (primary N) is 1. The highest BCUT2D eigenvalue weighted by Crippen LogP contribution is 2.29. The predicted molar refractivity (Wildman–Crippen MR) is 116 cm³/mol. The Balaban J connectivity index is 1.53. The minimum atomic E-state index is -0.262. The molecule has 3 N–H and O–H groups in total. The number of ether oxygens (including phenoxy) is 2. The molecule has 2 fully saturated rings. The number of halogens is 1. The molecule has 0 unspecified atom stereocenters. The second-order valence-corrected chi connectivity index (χ2v) is 8.26. The van der Waals surface area contributed by atoms with Crippen molar-refractivity contribution in [3.63, 3.8) is 0 Å². The molecule has 2 heterocycles. The molecule has 3 rings (SSSR count). The molecule has 1 aromatic rings. The average molecular weight is 439 g/mol. The molecule has 2 atom stereocenters. The third-order valence-electron chi connectivity index (χ3n) is 5.90. The van der Waals surface area contributed by atoms with E-state index in [4.69, 9.17) is 26.8 Å². The lowest BCUT2D eigenvalue weighted by atomic mass is 10.0. The van der Waals surface area contributed by atoms with Crippen molar-refractivity contribution in [1.82, 2.24) is 15.1 Å². The van der Waals surface area contributed by atoms with Crippen LogP contribution in [0, 0.1) is 0 Å². The van der Waals surface area contributed by atoms with Crippen molar-refractivity contribution in [2.45, 2.75) is 37.8 Å². The first-order valence-electron chi connectivity index (χ1n) is 10.4. The van der Waals surface area contributed by atoms with Gasteiger partial charge in [0.25, 0.3) is 5.91 Å². The second kappa shape index (κ2) is 10.3. The Kier molecular flexibility index (Phi) is 7.80. The Hall–Kier alpha value is -2.03. The Morgan fingerprint density at radius 3 is 2.77 bits per heavy atom. The van der Waals surface area contributed by atoms with Gasteiger partial charge < -0.3 is 30.3 Å². The topological polar surface area (TPSA) is 97.1 Å². The van der Waals surface area contributed by atoms with Gasteiger partial charge in [-0.15, -0.1) is 0 Å². The molecule has 166 valence electrons. The number of nitrogen functional groups attached to an aromatic ring is 1. The van der Waals surface area contributed by atoms with E-state index in [0.29, 0.717) is 28.4 Å². The van der Waals surface area contributed by atoms with E-state index in [2.05, 4.69) is 10.2 Å². The number of rotatable bonds is 8. The van der Waals surface area contributed by atoms with Gasteiger partial charge >= 0.3 is 0 Å². The Morgan fingerprint density at radius 1 is 1.30 bits per heavy atom. The van der Waals surface area contributed by atoms with E-state index in [0.717, 1.165) is 52.0 Å². The highest BCUT2D eigenvalue weighted by molar-refractivity contribution is 6.33. The number of anilines is 1. The molecule has 2 saturated heterocycles. The molecule has 2 aliphatic rings. The van der Waals surface area contributed by atoms with Gasteiger partial charge in [0.05, 0.1) is 35.5 Å². The maximum Gasteiger partial charge on any atom is 0.255 e. The van der Waals surface area contributed by atoms with E-state index in [1.807, 2.05) is 4.90 Å². The number of likely N-dealkylation sites (tertiary alicyclic amines) is 2. The number of carbonyl (C=O) groups excluding carboxylic acids is 2. The van der Waals surface area contributed by atoms with Crippen LogP contribution < -0.4 is 15.8 Å². The van der Waals surface area contributed by atoms with Gasteiger partial charge in [-0.3, -0.25) is 9.59 Å². The van der Waals surface area contributed by atoms with Crippen LogP contribution in [0.25, 0.3) is 0 Å². The molecule has 2 aliphatic heterocycles. The van der Waals surface area contributed by atoms with Crippen molar-refractivity contribution < 1.29 is 19.1 Å². The van der Waals surface area contributed by atoms with Gasteiger partial charge in [0.15, 0.2) is 0 Å². The number of methoxy groups -OCH3 is 2. The minimum Gasteiger partial charge on any atom is -0.496 e. The van der Waals surface area contributed by atoms with E-state index in [-0.39, 0.29) is 24.0 Å². The van der Waals surface area contributed by atoms with E-state index >= 15 is 0 Å². The van der Waals surface area contributed by atoms with Gasteiger partial charge in [0.1, 0.15) is 5.75 Å².